The largest absolute Gasteiger partial charge is 0.264 e. The molecule has 148 valence electrons. The van der Waals surface area contributed by atoms with Gasteiger partial charge in [-0.1, -0.05) is 78.9 Å². The van der Waals surface area contributed by atoms with E-state index in [1.165, 1.54) is 0 Å². The van der Waals surface area contributed by atoms with Crippen LogP contribution < -0.4 is 0 Å². The van der Waals surface area contributed by atoms with E-state index in [9.17, 15) is 0 Å². The van der Waals surface area contributed by atoms with Crippen LogP contribution in [0.25, 0.3) is 45.3 Å². The van der Waals surface area contributed by atoms with Crippen LogP contribution in [0.3, 0.4) is 0 Å². The summed E-state index contributed by atoms with van der Waals surface area (Å²) in [6.07, 6.45) is 3.50. The highest BCUT2D eigenvalue weighted by Gasteiger charge is 2.14. The molecular formula is C26H17BrN4. The highest BCUT2D eigenvalue weighted by atomic mass is 79.9. The van der Waals surface area contributed by atoms with Crippen LogP contribution >= 0.6 is 15.9 Å². The van der Waals surface area contributed by atoms with Gasteiger partial charge in [0.05, 0.1) is 5.56 Å². The lowest BCUT2D eigenvalue weighted by Crippen LogP contribution is -2.00. The van der Waals surface area contributed by atoms with Crippen molar-refractivity contribution in [1.82, 2.24) is 19.9 Å². The quantitative estimate of drug-likeness (QED) is 0.297. The first-order chi connectivity index (χ1) is 15.3. The average molecular weight is 465 g/mol. The summed E-state index contributed by atoms with van der Waals surface area (Å²) in [7, 11) is 0. The van der Waals surface area contributed by atoms with Gasteiger partial charge in [0.25, 0.3) is 0 Å². The summed E-state index contributed by atoms with van der Waals surface area (Å²) in [4.78, 5) is 18.6. The van der Waals surface area contributed by atoms with E-state index in [-0.39, 0.29) is 0 Å². The van der Waals surface area contributed by atoms with Crippen LogP contribution in [-0.2, 0) is 0 Å². The lowest BCUT2D eigenvalue weighted by Gasteiger charge is -2.10. The molecule has 0 unspecified atom stereocenters. The van der Waals surface area contributed by atoms with E-state index in [2.05, 4.69) is 45.2 Å². The van der Waals surface area contributed by atoms with E-state index in [4.69, 9.17) is 15.0 Å². The number of rotatable bonds is 4. The fourth-order valence-electron chi connectivity index (χ4n) is 3.35. The van der Waals surface area contributed by atoms with Crippen molar-refractivity contribution < 1.29 is 0 Å². The van der Waals surface area contributed by atoms with Crippen molar-refractivity contribution in [2.24, 2.45) is 0 Å². The van der Waals surface area contributed by atoms with E-state index in [1.54, 1.807) is 12.4 Å². The number of benzene rings is 3. The summed E-state index contributed by atoms with van der Waals surface area (Å²) in [6.45, 7) is 0. The van der Waals surface area contributed by atoms with Crippen molar-refractivity contribution in [3.8, 4) is 45.3 Å². The van der Waals surface area contributed by atoms with Gasteiger partial charge in [-0.05, 0) is 39.2 Å². The van der Waals surface area contributed by atoms with Gasteiger partial charge in [-0.2, -0.15) is 0 Å². The molecule has 0 saturated heterocycles. The Kier molecular flexibility index (Phi) is 5.33. The predicted molar refractivity (Wildman–Crippen MR) is 127 cm³/mol. The summed E-state index contributed by atoms with van der Waals surface area (Å²) in [5, 5.41) is 0. The van der Waals surface area contributed by atoms with Gasteiger partial charge in [-0.25, -0.2) is 15.0 Å². The first kappa shape index (κ1) is 19.3. The summed E-state index contributed by atoms with van der Waals surface area (Å²) >= 11 is 3.60. The van der Waals surface area contributed by atoms with Crippen molar-refractivity contribution in [3.63, 3.8) is 0 Å². The Morgan fingerprint density at radius 3 is 1.81 bits per heavy atom. The molecule has 5 aromatic rings. The molecule has 3 aromatic carbocycles. The topological polar surface area (TPSA) is 51.6 Å². The molecule has 0 bridgehead atoms. The highest BCUT2D eigenvalue weighted by Crippen LogP contribution is 2.30. The van der Waals surface area contributed by atoms with Crippen LogP contribution in [0.5, 0.6) is 0 Å². The van der Waals surface area contributed by atoms with Gasteiger partial charge in [0.2, 0.25) is 0 Å². The molecule has 0 aliphatic carbocycles. The Hall–Kier alpha value is -3.70. The van der Waals surface area contributed by atoms with Crippen molar-refractivity contribution >= 4 is 15.9 Å². The first-order valence-electron chi connectivity index (χ1n) is 9.85. The summed E-state index contributed by atoms with van der Waals surface area (Å²) in [6, 6.07) is 30.4. The normalized spacial score (nSPS) is 10.7. The van der Waals surface area contributed by atoms with Gasteiger partial charge < -0.3 is 0 Å². The zero-order valence-electron chi connectivity index (χ0n) is 16.5. The van der Waals surface area contributed by atoms with Crippen LogP contribution in [0.15, 0.2) is 108 Å². The maximum Gasteiger partial charge on any atom is 0.166 e. The van der Waals surface area contributed by atoms with Crippen molar-refractivity contribution in [2.45, 2.75) is 0 Å². The maximum absolute atomic E-state index is 4.81. The van der Waals surface area contributed by atoms with Crippen LogP contribution in [0.2, 0.25) is 0 Å². The van der Waals surface area contributed by atoms with Crippen LogP contribution in [0, 0.1) is 0 Å². The number of halogens is 1. The molecule has 0 spiro atoms. The minimum Gasteiger partial charge on any atom is -0.264 e. The van der Waals surface area contributed by atoms with Crippen LogP contribution in [0.1, 0.15) is 0 Å². The maximum atomic E-state index is 4.81. The van der Waals surface area contributed by atoms with Gasteiger partial charge in [-0.3, -0.25) is 4.98 Å². The Morgan fingerprint density at radius 2 is 1.10 bits per heavy atom. The van der Waals surface area contributed by atoms with Gasteiger partial charge in [0.15, 0.2) is 17.5 Å². The number of aromatic nitrogens is 4. The Labute approximate surface area is 188 Å². The van der Waals surface area contributed by atoms with E-state index in [0.29, 0.717) is 17.5 Å². The molecule has 0 aliphatic rings. The minimum atomic E-state index is 0.578. The number of nitrogens with zero attached hydrogens (tertiary/aromatic N) is 4. The zero-order chi connectivity index (χ0) is 21.0. The second-order valence-electron chi connectivity index (χ2n) is 6.97. The monoisotopic (exact) mass is 464 g/mol. The predicted octanol–water partition coefficient (Wildman–Crippen LogP) is 6.70. The van der Waals surface area contributed by atoms with Crippen molar-refractivity contribution in [3.05, 3.63) is 108 Å². The molecule has 2 aromatic heterocycles. The molecule has 2 heterocycles. The first-order valence-corrected chi connectivity index (χ1v) is 10.6. The van der Waals surface area contributed by atoms with E-state index < -0.39 is 0 Å². The lowest BCUT2D eigenvalue weighted by molar-refractivity contribution is 1.07. The lowest BCUT2D eigenvalue weighted by atomic mass is 10.0. The number of hydrogen-bond donors (Lipinski definition) is 0. The molecular weight excluding hydrogens is 448 g/mol. The number of pyridine rings is 1. The third-order valence-corrected chi connectivity index (χ3v) is 5.60. The molecule has 0 N–H and O–H groups in total. The molecule has 0 saturated carbocycles. The van der Waals surface area contributed by atoms with Crippen LogP contribution in [-0.4, -0.2) is 19.9 Å². The van der Waals surface area contributed by atoms with E-state index in [0.717, 1.165) is 32.3 Å². The summed E-state index contributed by atoms with van der Waals surface area (Å²) in [5.41, 5.74) is 4.96. The second kappa shape index (κ2) is 8.58. The van der Waals surface area contributed by atoms with E-state index >= 15 is 0 Å². The SMILES string of the molecule is Brc1ccncc1-c1nc(-c2ccccc2)nc(-c2cccc(-c3ccccc3)c2)n1. The molecule has 5 rings (SSSR count). The van der Waals surface area contributed by atoms with Gasteiger partial charge in [-0.15, -0.1) is 0 Å². The molecule has 0 atom stereocenters. The molecule has 31 heavy (non-hydrogen) atoms. The highest BCUT2D eigenvalue weighted by molar-refractivity contribution is 9.10. The smallest absolute Gasteiger partial charge is 0.166 e. The Bertz CT molecular complexity index is 1340. The Morgan fingerprint density at radius 1 is 0.516 bits per heavy atom. The summed E-state index contributed by atoms with van der Waals surface area (Å²) < 4.78 is 0.886. The van der Waals surface area contributed by atoms with Gasteiger partial charge in [0, 0.05) is 28.0 Å². The molecule has 0 fully saturated rings. The molecule has 0 aliphatic heterocycles. The Balaban J connectivity index is 1.69. The molecule has 0 radical (unpaired) electrons. The fraction of sp³-hybridized carbons (Fsp3) is 0. The standard InChI is InChI=1S/C26H17BrN4/c27-23-14-15-28-17-22(23)26-30-24(19-10-5-2-6-11-19)29-25(31-26)21-13-7-12-20(16-21)18-8-3-1-4-9-18/h1-17H. The average Bonchev–Trinajstić information content (AvgIpc) is 2.85. The van der Waals surface area contributed by atoms with Crippen molar-refractivity contribution in [2.75, 3.05) is 0 Å². The minimum absolute atomic E-state index is 0.578. The molecule has 5 heteroatoms. The fourth-order valence-corrected chi connectivity index (χ4v) is 3.75. The zero-order valence-corrected chi connectivity index (χ0v) is 18.1. The van der Waals surface area contributed by atoms with Crippen LogP contribution in [0.4, 0.5) is 0 Å². The van der Waals surface area contributed by atoms with Gasteiger partial charge >= 0.3 is 0 Å². The third kappa shape index (κ3) is 4.13. The number of hydrogen-bond acceptors (Lipinski definition) is 4. The molecule has 4 nitrogen and oxygen atoms in total. The van der Waals surface area contributed by atoms with Crippen molar-refractivity contribution in [1.29, 1.82) is 0 Å². The summed E-state index contributed by atoms with van der Waals surface area (Å²) in [5.74, 6) is 1.83. The van der Waals surface area contributed by atoms with E-state index in [1.807, 2.05) is 66.7 Å². The second-order valence-corrected chi connectivity index (χ2v) is 7.83. The molecule has 0 amide bonds. The third-order valence-electron chi connectivity index (χ3n) is 4.90. The van der Waals surface area contributed by atoms with Gasteiger partial charge in [0.1, 0.15) is 0 Å².